The van der Waals surface area contributed by atoms with E-state index in [9.17, 15) is 4.79 Å². The van der Waals surface area contributed by atoms with Gasteiger partial charge in [-0.2, -0.15) is 0 Å². The van der Waals surface area contributed by atoms with Gasteiger partial charge in [-0.3, -0.25) is 4.79 Å². The highest BCUT2D eigenvalue weighted by atomic mass is 32.2. The SMILES string of the molecule is CC1CCCC1c1nnc(SCC(=O)O)n1N. The fourth-order valence-corrected chi connectivity index (χ4v) is 2.88. The lowest BCUT2D eigenvalue weighted by atomic mass is 9.98. The molecule has 0 bridgehead atoms. The summed E-state index contributed by atoms with van der Waals surface area (Å²) in [6, 6.07) is 0. The number of carboxylic acids is 1. The maximum absolute atomic E-state index is 10.5. The number of thioether (sulfide) groups is 1. The van der Waals surface area contributed by atoms with E-state index in [1.54, 1.807) is 0 Å². The van der Waals surface area contributed by atoms with Crippen molar-refractivity contribution in [2.24, 2.45) is 5.92 Å². The van der Waals surface area contributed by atoms with Gasteiger partial charge in [-0.25, -0.2) is 4.68 Å². The summed E-state index contributed by atoms with van der Waals surface area (Å²) >= 11 is 1.10. The van der Waals surface area contributed by atoms with Gasteiger partial charge in [0, 0.05) is 5.92 Å². The molecule has 94 valence electrons. The van der Waals surface area contributed by atoms with Crippen LogP contribution in [0.15, 0.2) is 5.16 Å². The van der Waals surface area contributed by atoms with Crippen LogP contribution >= 0.6 is 11.8 Å². The monoisotopic (exact) mass is 256 g/mol. The number of carbonyl (C=O) groups is 1. The molecule has 17 heavy (non-hydrogen) atoms. The molecule has 0 aromatic carbocycles. The number of nitrogens with zero attached hydrogens (tertiary/aromatic N) is 3. The van der Waals surface area contributed by atoms with Crippen molar-refractivity contribution in [1.82, 2.24) is 14.9 Å². The first kappa shape index (κ1) is 12.2. The molecule has 2 rings (SSSR count). The molecule has 0 saturated heterocycles. The number of aliphatic carboxylic acids is 1. The van der Waals surface area contributed by atoms with E-state index >= 15 is 0 Å². The minimum Gasteiger partial charge on any atom is -0.481 e. The van der Waals surface area contributed by atoms with Crippen LogP contribution < -0.4 is 5.84 Å². The van der Waals surface area contributed by atoms with Crippen molar-refractivity contribution in [3.8, 4) is 0 Å². The second-order valence-corrected chi connectivity index (χ2v) is 5.35. The van der Waals surface area contributed by atoms with Crippen molar-refractivity contribution in [2.75, 3.05) is 11.6 Å². The van der Waals surface area contributed by atoms with E-state index < -0.39 is 5.97 Å². The van der Waals surface area contributed by atoms with E-state index in [0.29, 0.717) is 17.0 Å². The fourth-order valence-electron chi connectivity index (χ4n) is 2.29. The highest BCUT2D eigenvalue weighted by Crippen LogP contribution is 2.38. The number of hydrogen-bond acceptors (Lipinski definition) is 5. The van der Waals surface area contributed by atoms with Gasteiger partial charge < -0.3 is 10.9 Å². The van der Waals surface area contributed by atoms with Crippen LogP contribution in [0.25, 0.3) is 0 Å². The lowest BCUT2D eigenvalue weighted by Crippen LogP contribution is -2.18. The Bertz CT molecular complexity index is 420. The molecule has 1 fully saturated rings. The van der Waals surface area contributed by atoms with Crippen LogP contribution in [0.5, 0.6) is 0 Å². The summed E-state index contributed by atoms with van der Waals surface area (Å²) in [4.78, 5) is 10.5. The molecule has 1 heterocycles. The zero-order chi connectivity index (χ0) is 12.4. The number of carboxylic acid groups (broad SMARTS) is 1. The van der Waals surface area contributed by atoms with Crippen LogP contribution in [0.1, 0.15) is 37.9 Å². The van der Waals surface area contributed by atoms with Crippen molar-refractivity contribution >= 4 is 17.7 Å². The van der Waals surface area contributed by atoms with Crippen molar-refractivity contribution < 1.29 is 9.90 Å². The quantitative estimate of drug-likeness (QED) is 0.618. The zero-order valence-electron chi connectivity index (χ0n) is 9.67. The zero-order valence-corrected chi connectivity index (χ0v) is 10.5. The molecule has 6 nitrogen and oxygen atoms in total. The van der Waals surface area contributed by atoms with Crippen LogP contribution in [0.3, 0.4) is 0 Å². The minimum absolute atomic E-state index is 0.0461. The van der Waals surface area contributed by atoms with Gasteiger partial charge in [0.25, 0.3) is 0 Å². The molecular formula is C10H16N4O2S. The number of hydrogen-bond donors (Lipinski definition) is 2. The van der Waals surface area contributed by atoms with Crippen molar-refractivity contribution in [3.63, 3.8) is 0 Å². The Morgan fingerprint density at radius 1 is 1.59 bits per heavy atom. The summed E-state index contributed by atoms with van der Waals surface area (Å²) in [6.07, 6.45) is 3.46. The summed E-state index contributed by atoms with van der Waals surface area (Å²) in [7, 11) is 0. The van der Waals surface area contributed by atoms with Crippen molar-refractivity contribution in [1.29, 1.82) is 0 Å². The topological polar surface area (TPSA) is 94.0 Å². The first-order valence-electron chi connectivity index (χ1n) is 5.64. The van der Waals surface area contributed by atoms with E-state index in [4.69, 9.17) is 10.9 Å². The van der Waals surface area contributed by atoms with E-state index in [2.05, 4.69) is 17.1 Å². The van der Waals surface area contributed by atoms with E-state index in [-0.39, 0.29) is 5.75 Å². The van der Waals surface area contributed by atoms with Crippen molar-refractivity contribution in [2.45, 2.75) is 37.3 Å². The number of rotatable bonds is 4. The molecule has 0 aliphatic heterocycles. The Labute approximate surface area is 104 Å². The summed E-state index contributed by atoms with van der Waals surface area (Å²) in [5.41, 5.74) is 0. The first-order valence-corrected chi connectivity index (χ1v) is 6.63. The van der Waals surface area contributed by atoms with E-state index in [1.807, 2.05) is 0 Å². The van der Waals surface area contributed by atoms with Crippen LogP contribution in [-0.4, -0.2) is 31.7 Å². The normalized spacial score (nSPS) is 24.1. The van der Waals surface area contributed by atoms with Crippen LogP contribution in [0, 0.1) is 5.92 Å². The van der Waals surface area contributed by atoms with Gasteiger partial charge in [0.2, 0.25) is 5.16 Å². The highest BCUT2D eigenvalue weighted by molar-refractivity contribution is 7.99. The molecule has 1 aromatic heterocycles. The van der Waals surface area contributed by atoms with Crippen molar-refractivity contribution in [3.05, 3.63) is 5.82 Å². The maximum Gasteiger partial charge on any atom is 0.313 e. The predicted molar refractivity (Wildman–Crippen MR) is 64.3 cm³/mol. The first-order chi connectivity index (χ1) is 8.09. The third kappa shape index (κ3) is 2.54. The van der Waals surface area contributed by atoms with E-state index in [1.165, 1.54) is 17.5 Å². The Kier molecular flexibility index (Phi) is 3.56. The third-order valence-electron chi connectivity index (χ3n) is 3.21. The van der Waals surface area contributed by atoms with Gasteiger partial charge in [-0.05, 0) is 18.8 Å². The largest absolute Gasteiger partial charge is 0.481 e. The molecule has 0 amide bonds. The molecule has 2 atom stereocenters. The second-order valence-electron chi connectivity index (χ2n) is 4.41. The van der Waals surface area contributed by atoms with Crippen LogP contribution in [0.2, 0.25) is 0 Å². The summed E-state index contributed by atoms with van der Waals surface area (Å²) in [5.74, 6) is 6.68. The van der Waals surface area contributed by atoms with Gasteiger partial charge in [-0.1, -0.05) is 25.1 Å². The Hall–Kier alpha value is -1.24. The third-order valence-corrected chi connectivity index (χ3v) is 4.14. The predicted octanol–water partition coefficient (Wildman–Crippen LogP) is 1.07. The number of nitrogens with two attached hydrogens (primary N) is 1. The average molecular weight is 256 g/mol. The van der Waals surface area contributed by atoms with Crippen LogP contribution in [-0.2, 0) is 4.79 Å². The second kappa shape index (κ2) is 4.95. The molecule has 0 spiro atoms. The maximum atomic E-state index is 10.5. The lowest BCUT2D eigenvalue weighted by Gasteiger charge is -2.13. The highest BCUT2D eigenvalue weighted by Gasteiger charge is 2.29. The van der Waals surface area contributed by atoms with Gasteiger partial charge in [-0.15, -0.1) is 10.2 Å². The van der Waals surface area contributed by atoms with Crippen LogP contribution in [0.4, 0.5) is 0 Å². The summed E-state index contributed by atoms with van der Waals surface area (Å²) in [6.45, 7) is 2.19. The number of aromatic nitrogens is 3. The van der Waals surface area contributed by atoms with Gasteiger partial charge in [0.15, 0.2) is 5.82 Å². The summed E-state index contributed by atoms with van der Waals surface area (Å²) < 4.78 is 1.44. The lowest BCUT2D eigenvalue weighted by molar-refractivity contribution is -0.133. The Balaban J connectivity index is 2.11. The molecule has 0 radical (unpaired) electrons. The summed E-state index contributed by atoms with van der Waals surface area (Å²) in [5, 5.41) is 17.1. The number of nitrogen functional groups attached to an aromatic ring is 1. The fraction of sp³-hybridized carbons (Fsp3) is 0.700. The average Bonchev–Trinajstić information content (AvgIpc) is 2.82. The van der Waals surface area contributed by atoms with Gasteiger partial charge >= 0.3 is 5.97 Å². The van der Waals surface area contributed by atoms with Gasteiger partial charge in [0.1, 0.15) is 0 Å². The molecule has 1 aromatic rings. The minimum atomic E-state index is -0.881. The molecule has 3 N–H and O–H groups in total. The molecular weight excluding hydrogens is 240 g/mol. The van der Waals surface area contributed by atoms with E-state index in [0.717, 1.165) is 24.0 Å². The molecule has 1 saturated carbocycles. The molecule has 1 aliphatic carbocycles. The molecule has 2 unspecified atom stereocenters. The Morgan fingerprint density at radius 3 is 2.94 bits per heavy atom. The van der Waals surface area contributed by atoms with Gasteiger partial charge in [0.05, 0.1) is 5.75 Å². The molecule has 7 heteroatoms. The molecule has 1 aliphatic rings. The smallest absolute Gasteiger partial charge is 0.313 e. The standard InChI is InChI=1S/C10H16N4O2S/c1-6-3-2-4-7(6)9-12-13-10(14(9)11)17-5-8(15)16/h6-7H,2-5,11H2,1H3,(H,15,16). The Morgan fingerprint density at radius 2 is 2.35 bits per heavy atom.